The van der Waals surface area contributed by atoms with Crippen LogP contribution in [-0.4, -0.2) is 30.7 Å². The number of rotatable bonds is 4. The number of nitrogen functional groups attached to an aromatic ring is 1. The van der Waals surface area contributed by atoms with Crippen LogP contribution in [0.15, 0.2) is 24.3 Å². The van der Waals surface area contributed by atoms with E-state index in [0.29, 0.717) is 12.1 Å². The molecule has 0 radical (unpaired) electrons. The van der Waals surface area contributed by atoms with E-state index in [0.717, 1.165) is 37.1 Å². The summed E-state index contributed by atoms with van der Waals surface area (Å²) in [6.45, 7) is 4.26. The van der Waals surface area contributed by atoms with Crippen LogP contribution in [-0.2, 0) is 11.3 Å². The number of hydrogen-bond acceptors (Lipinski definition) is 3. The molecular weight excluding hydrogens is 248 g/mol. The van der Waals surface area contributed by atoms with Gasteiger partial charge in [-0.3, -0.25) is 4.90 Å². The molecule has 3 nitrogen and oxygen atoms in total. The maximum atomic E-state index is 5.98. The summed E-state index contributed by atoms with van der Waals surface area (Å²) in [5.74, 6) is 1.70. The first-order valence-corrected chi connectivity index (χ1v) is 7.79. The normalized spacial score (nSPS) is 33.4. The quantitative estimate of drug-likeness (QED) is 0.858. The lowest BCUT2D eigenvalue weighted by atomic mass is 9.97. The zero-order valence-electron chi connectivity index (χ0n) is 12.6. The second-order valence-corrected chi connectivity index (χ2v) is 6.62. The van der Waals surface area contributed by atoms with Crippen molar-refractivity contribution in [3.05, 3.63) is 29.8 Å². The molecule has 1 aliphatic heterocycles. The summed E-state index contributed by atoms with van der Waals surface area (Å²) in [7, 11) is 2.24. The van der Waals surface area contributed by atoms with Gasteiger partial charge in [0.1, 0.15) is 0 Å². The Balaban J connectivity index is 1.56. The Kier molecular flexibility index (Phi) is 3.99. The minimum Gasteiger partial charge on any atom is -0.399 e. The average molecular weight is 274 g/mol. The first-order chi connectivity index (χ1) is 9.63. The Labute approximate surface area is 122 Å². The number of nitrogens with zero attached hydrogens (tertiary/aromatic N) is 1. The maximum Gasteiger partial charge on any atom is 0.0620 e. The smallest absolute Gasteiger partial charge is 0.0620 e. The van der Waals surface area contributed by atoms with E-state index < -0.39 is 0 Å². The second kappa shape index (κ2) is 5.74. The summed E-state index contributed by atoms with van der Waals surface area (Å²) >= 11 is 0. The molecule has 0 spiro atoms. The number of benzene rings is 1. The molecule has 1 aromatic carbocycles. The highest BCUT2D eigenvalue weighted by Crippen LogP contribution is 2.44. The second-order valence-electron chi connectivity index (χ2n) is 6.62. The van der Waals surface area contributed by atoms with Crippen LogP contribution in [0.3, 0.4) is 0 Å². The van der Waals surface area contributed by atoms with Gasteiger partial charge in [0.05, 0.1) is 6.10 Å². The fourth-order valence-electron chi connectivity index (χ4n) is 3.42. The van der Waals surface area contributed by atoms with Gasteiger partial charge in [0, 0.05) is 24.9 Å². The van der Waals surface area contributed by atoms with E-state index in [9.17, 15) is 0 Å². The van der Waals surface area contributed by atoms with Gasteiger partial charge in [0.2, 0.25) is 0 Å². The van der Waals surface area contributed by atoms with E-state index in [-0.39, 0.29) is 0 Å². The third-order valence-electron chi connectivity index (χ3n) is 4.97. The van der Waals surface area contributed by atoms with Gasteiger partial charge in [-0.05, 0) is 55.8 Å². The molecule has 0 aromatic heterocycles. The van der Waals surface area contributed by atoms with Gasteiger partial charge >= 0.3 is 0 Å². The van der Waals surface area contributed by atoms with Crippen molar-refractivity contribution in [2.45, 2.75) is 44.9 Å². The Morgan fingerprint density at radius 2 is 1.95 bits per heavy atom. The number of nitrogens with two attached hydrogens (primary N) is 1. The number of ether oxygens (including phenoxy) is 1. The van der Waals surface area contributed by atoms with E-state index in [1.165, 1.54) is 18.4 Å². The van der Waals surface area contributed by atoms with E-state index >= 15 is 0 Å². The summed E-state index contributed by atoms with van der Waals surface area (Å²) < 4.78 is 5.98. The average Bonchev–Trinajstić information content (AvgIpc) is 3.19. The molecule has 110 valence electrons. The minimum absolute atomic E-state index is 0.498. The summed E-state index contributed by atoms with van der Waals surface area (Å²) in [4.78, 5) is 2.48. The first kappa shape index (κ1) is 13.9. The Morgan fingerprint density at radius 1 is 1.25 bits per heavy atom. The van der Waals surface area contributed by atoms with Crippen LogP contribution < -0.4 is 5.73 Å². The lowest BCUT2D eigenvalue weighted by molar-refractivity contribution is -0.0362. The summed E-state index contributed by atoms with van der Waals surface area (Å²) in [5.41, 5.74) is 7.92. The van der Waals surface area contributed by atoms with Gasteiger partial charge in [-0.2, -0.15) is 0 Å². The monoisotopic (exact) mass is 274 g/mol. The Hall–Kier alpha value is -1.06. The lowest BCUT2D eigenvalue weighted by Gasteiger charge is -2.36. The molecule has 0 bridgehead atoms. The highest BCUT2D eigenvalue weighted by molar-refractivity contribution is 5.39. The van der Waals surface area contributed by atoms with Crippen LogP contribution >= 0.6 is 0 Å². The van der Waals surface area contributed by atoms with Gasteiger partial charge < -0.3 is 10.5 Å². The Bertz CT molecular complexity index is 445. The van der Waals surface area contributed by atoms with Crippen molar-refractivity contribution in [3.8, 4) is 0 Å². The van der Waals surface area contributed by atoms with Crippen LogP contribution in [0.25, 0.3) is 0 Å². The molecule has 0 amide bonds. The third-order valence-corrected chi connectivity index (χ3v) is 4.97. The standard InChI is InChI=1S/C17H26N2O/c1-12-9-16(12)17-10-15(7-8-20-17)19(2)11-13-3-5-14(18)6-4-13/h3-6,12,15-17H,7-11,18H2,1-2H3/t12?,15?,16-,17?/m0/s1. The fourth-order valence-corrected chi connectivity index (χ4v) is 3.42. The van der Waals surface area contributed by atoms with Crippen molar-refractivity contribution in [2.24, 2.45) is 11.8 Å². The first-order valence-electron chi connectivity index (χ1n) is 7.79. The van der Waals surface area contributed by atoms with Crippen LogP contribution in [0.4, 0.5) is 5.69 Å². The van der Waals surface area contributed by atoms with Crippen molar-refractivity contribution < 1.29 is 4.74 Å². The molecule has 2 fully saturated rings. The van der Waals surface area contributed by atoms with Gasteiger partial charge in [-0.1, -0.05) is 19.1 Å². The predicted molar refractivity (Wildman–Crippen MR) is 82.4 cm³/mol. The SMILES string of the molecule is CC1C[C@@H]1C1CC(N(C)Cc2ccc(N)cc2)CCO1. The molecule has 4 atom stereocenters. The molecule has 1 saturated heterocycles. The molecule has 2 N–H and O–H groups in total. The molecule has 1 aliphatic carbocycles. The number of hydrogen-bond donors (Lipinski definition) is 1. The van der Waals surface area contributed by atoms with Crippen molar-refractivity contribution in [3.63, 3.8) is 0 Å². The predicted octanol–water partition coefficient (Wildman–Crippen LogP) is 2.90. The van der Waals surface area contributed by atoms with Crippen LogP contribution in [0.2, 0.25) is 0 Å². The summed E-state index contributed by atoms with van der Waals surface area (Å²) in [6.07, 6.45) is 4.21. The molecule has 3 rings (SSSR count). The molecule has 20 heavy (non-hydrogen) atoms. The van der Waals surface area contributed by atoms with Crippen molar-refractivity contribution in [1.82, 2.24) is 4.90 Å². The topological polar surface area (TPSA) is 38.5 Å². The van der Waals surface area contributed by atoms with E-state index in [2.05, 4.69) is 31.0 Å². The molecule has 3 heteroatoms. The summed E-state index contributed by atoms with van der Waals surface area (Å²) in [5, 5.41) is 0. The molecule has 1 aromatic rings. The third kappa shape index (κ3) is 3.15. The van der Waals surface area contributed by atoms with Gasteiger partial charge in [0.15, 0.2) is 0 Å². The molecular formula is C17H26N2O. The van der Waals surface area contributed by atoms with Crippen LogP contribution in [0, 0.1) is 11.8 Å². The zero-order valence-corrected chi connectivity index (χ0v) is 12.6. The maximum absolute atomic E-state index is 5.98. The molecule has 1 heterocycles. The van der Waals surface area contributed by atoms with E-state index in [4.69, 9.17) is 10.5 Å². The largest absolute Gasteiger partial charge is 0.399 e. The summed E-state index contributed by atoms with van der Waals surface area (Å²) in [6, 6.07) is 8.89. The lowest BCUT2D eigenvalue weighted by Crippen LogP contribution is -2.40. The Morgan fingerprint density at radius 3 is 2.60 bits per heavy atom. The van der Waals surface area contributed by atoms with E-state index in [1.54, 1.807) is 0 Å². The highest BCUT2D eigenvalue weighted by atomic mass is 16.5. The highest BCUT2D eigenvalue weighted by Gasteiger charge is 2.42. The molecule has 2 aliphatic rings. The molecule has 3 unspecified atom stereocenters. The van der Waals surface area contributed by atoms with Crippen LogP contribution in [0.5, 0.6) is 0 Å². The van der Waals surface area contributed by atoms with E-state index in [1.807, 2.05) is 12.1 Å². The minimum atomic E-state index is 0.498. The van der Waals surface area contributed by atoms with Crippen molar-refractivity contribution in [2.75, 3.05) is 19.4 Å². The molecule has 1 saturated carbocycles. The van der Waals surface area contributed by atoms with Crippen molar-refractivity contribution >= 4 is 5.69 Å². The van der Waals surface area contributed by atoms with Crippen molar-refractivity contribution in [1.29, 1.82) is 0 Å². The van der Waals surface area contributed by atoms with Gasteiger partial charge in [-0.25, -0.2) is 0 Å². The van der Waals surface area contributed by atoms with Gasteiger partial charge in [0.25, 0.3) is 0 Å². The zero-order chi connectivity index (χ0) is 14.1. The van der Waals surface area contributed by atoms with Gasteiger partial charge in [-0.15, -0.1) is 0 Å². The number of anilines is 1. The fraction of sp³-hybridized carbons (Fsp3) is 0.647. The van der Waals surface area contributed by atoms with Crippen LogP contribution in [0.1, 0.15) is 31.7 Å².